The highest BCUT2D eigenvalue weighted by Crippen LogP contribution is 2.20. The lowest BCUT2D eigenvalue weighted by Gasteiger charge is -2.28. The quantitative estimate of drug-likeness (QED) is 0.251. The molecule has 3 N–H and O–H groups in total. The number of pyridine rings is 1. The molecule has 3 aromatic rings. The zero-order chi connectivity index (χ0) is 20.8. The molecule has 2 aromatic heterocycles. The summed E-state index contributed by atoms with van der Waals surface area (Å²) in [4.78, 5) is 14.4. The number of H-pyrrole nitrogens is 1. The lowest BCUT2D eigenvalue weighted by Crippen LogP contribution is -2.38. The molecule has 0 aliphatic carbocycles. The smallest absolute Gasteiger partial charge is 0.191 e. The Morgan fingerprint density at radius 2 is 2.00 bits per heavy atom. The number of nitrogens with one attached hydrogen (secondary N) is 3. The molecule has 166 valence electrons. The fourth-order valence-electron chi connectivity index (χ4n) is 3.95. The first kappa shape index (κ1) is 23.3. The second-order valence-corrected chi connectivity index (χ2v) is 7.68. The van der Waals surface area contributed by atoms with Gasteiger partial charge in [-0.25, -0.2) is 9.37 Å². The molecule has 1 aromatic carbocycles. The molecule has 3 heterocycles. The van der Waals surface area contributed by atoms with Gasteiger partial charge in [-0.1, -0.05) is 0 Å². The third kappa shape index (κ3) is 6.09. The molecular weight excluding hydrogens is 506 g/mol. The summed E-state index contributed by atoms with van der Waals surface area (Å²) in [5.74, 6) is 1.59. The van der Waals surface area contributed by atoms with Crippen LogP contribution in [-0.4, -0.2) is 42.6 Å². The molecule has 6 nitrogen and oxygen atoms in total. The Labute approximate surface area is 199 Å². The van der Waals surface area contributed by atoms with Gasteiger partial charge >= 0.3 is 0 Å². The van der Waals surface area contributed by atoms with Gasteiger partial charge in [-0.05, 0) is 67.1 Å². The summed E-state index contributed by atoms with van der Waals surface area (Å²) in [6.45, 7) is 3.57. The monoisotopic (exact) mass is 536 g/mol. The summed E-state index contributed by atoms with van der Waals surface area (Å²) in [6, 6.07) is 9.02. The highest BCUT2D eigenvalue weighted by Gasteiger charge is 2.12. The summed E-state index contributed by atoms with van der Waals surface area (Å²) < 4.78 is 13.5. The summed E-state index contributed by atoms with van der Waals surface area (Å²) in [5.41, 5.74) is 3.23. The van der Waals surface area contributed by atoms with E-state index in [1.807, 2.05) is 18.5 Å². The molecular formula is C23H30FIN6. The number of piperidine rings is 1. The van der Waals surface area contributed by atoms with Crippen LogP contribution in [0.25, 0.3) is 10.9 Å². The lowest BCUT2D eigenvalue weighted by molar-refractivity contribution is 0.573. The molecule has 0 atom stereocenters. The van der Waals surface area contributed by atoms with Crippen molar-refractivity contribution in [3.05, 3.63) is 59.7 Å². The van der Waals surface area contributed by atoms with E-state index in [0.29, 0.717) is 13.1 Å². The minimum Gasteiger partial charge on any atom is -0.361 e. The van der Waals surface area contributed by atoms with Crippen LogP contribution in [0.2, 0.25) is 0 Å². The van der Waals surface area contributed by atoms with Crippen LogP contribution in [0, 0.1) is 5.82 Å². The molecule has 0 bridgehead atoms. The van der Waals surface area contributed by atoms with Crippen LogP contribution < -0.4 is 15.5 Å². The fourth-order valence-corrected chi connectivity index (χ4v) is 3.95. The molecule has 31 heavy (non-hydrogen) atoms. The van der Waals surface area contributed by atoms with Crippen molar-refractivity contribution in [3.8, 4) is 0 Å². The predicted molar refractivity (Wildman–Crippen MR) is 136 cm³/mol. The van der Waals surface area contributed by atoms with Gasteiger partial charge < -0.3 is 20.5 Å². The van der Waals surface area contributed by atoms with Crippen molar-refractivity contribution in [3.63, 3.8) is 0 Å². The van der Waals surface area contributed by atoms with Gasteiger partial charge in [0.05, 0.1) is 0 Å². The number of aliphatic imine (C=N–C) groups is 1. The zero-order valence-electron chi connectivity index (χ0n) is 17.8. The summed E-state index contributed by atoms with van der Waals surface area (Å²) in [6.07, 6.45) is 8.40. The van der Waals surface area contributed by atoms with Crippen molar-refractivity contribution < 1.29 is 4.39 Å². The molecule has 8 heteroatoms. The Morgan fingerprint density at radius 1 is 1.16 bits per heavy atom. The number of hydrogen-bond acceptors (Lipinski definition) is 3. The van der Waals surface area contributed by atoms with Crippen molar-refractivity contribution >= 4 is 46.7 Å². The van der Waals surface area contributed by atoms with Crippen molar-refractivity contribution in [2.24, 2.45) is 4.99 Å². The third-order valence-electron chi connectivity index (χ3n) is 5.59. The largest absolute Gasteiger partial charge is 0.361 e. The van der Waals surface area contributed by atoms with Gasteiger partial charge in [0.25, 0.3) is 0 Å². The number of fused-ring (bicyclic) bond motifs is 1. The van der Waals surface area contributed by atoms with E-state index in [1.165, 1.54) is 30.9 Å². The predicted octanol–water partition coefficient (Wildman–Crippen LogP) is 4.22. The molecule has 0 radical (unpaired) electrons. The molecule has 0 spiro atoms. The van der Waals surface area contributed by atoms with Crippen LogP contribution >= 0.6 is 24.0 Å². The van der Waals surface area contributed by atoms with Crippen molar-refractivity contribution in [1.82, 2.24) is 20.6 Å². The SMILES string of the molecule is CN=C(NCCc1c[nH]c2ccc(F)cc12)NCc1ccnc(N2CCCCC2)c1.I. The van der Waals surface area contributed by atoms with Crippen molar-refractivity contribution in [2.45, 2.75) is 32.2 Å². The van der Waals surface area contributed by atoms with Gasteiger partial charge in [-0.2, -0.15) is 0 Å². The Morgan fingerprint density at radius 3 is 2.81 bits per heavy atom. The summed E-state index contributed by atoms with van der Waals surface area (Å²) in [5, 5.41) is 7.64. The third-order valence-corrected chi connectivity index (χ3v) is 5.59. The van der Waals surface area contributed by atoms with Crippen molar-refractivity contribution in [2.75, 3.05) is 31.6 Å². The first-order valence-corrected chi connectivity index (χ1v) is 10.6. The molecule has 4 rings (SSSR count). The summed E-state index contributed by atoms with van der Waals surface area (Å²) >= 11 is 0. The maximum atomic E-state index is 13.5. The van der Waals surface area contributed by atoms with E-state index in [2.05, 4.69) is 36.6 Å². The normalized spacial score (nSPS) is 14.4. The maximum absolute atomic E-state index is 13.5. The number of aromatic amines is 1. The number of rotatable bonds is 6. The second-order valence-electron chi connectivity index (χ2n) is 7.68. The van der Waals surface area contributed by atoms with Gasteiger partial charge in [0.1, 0.15) is 11.6 Å². The van der Waals surface area contributed by atoms with E-state index in [4.69, 9.17) is 0 Å². The van der Waals surface area contributed by atoms with E-state index >= 15 is 0 Å². The molecule has 1 fully saturated rings. The zero-order valence-corrected chi connectivity index (χ0v) is 20.2. The number of halogens is 2. The first-order chi connectivity index (χ1) is 14.7. The average molecular weight is 536 g/mol. The molecule has 0 amide bonds. The van der Waals surface area contributed by atoms with Crippen LogP contribution in [0.3, 0.4) is 0 Å². The molecule has 1 aliphatic rings. The van der Waals surface area contributed by atoms with E-state index in [0.717, 1.165) is 47.8 Å². The highest BCUT2D eigenvalue weighted by atomic mass is 127. The topological polar surface area (TPSA) is 68.3 Å². The van der Waals surface area contributed by atoms with Gasteiger partial charge in [0.15, 0.2) is 5.96 Å². The van der Waals surface area contributed by atoms with Crippen molar-refractivity contribution in [1.29, 1.82) is 0 Å². The molecule has 0 saturated carbocycles. The Hall–Kier alpha value is -2.36. The average Bonchev–Trinajstić information content (AvgIpc) is 3.19. The number of anilines is 1. The van der Waals surface area contributed by atoms with Crippen LogP contribution in [-0.2, 0) is 13.0 Å². The lowest BCUT2D eigenvalue weighted by atomic mass is 10.1. The van der Waals surface area contributed by atoms with Gasteiger partial charge in [-0.15, -0.1) is 24.0 Å². The minimum absolute atomic E-state index is 0. The number of nitrogens with zero attached hydrogens (tertiary/aromatic N) is 3. The number of benzene rings is 1. The number of hydrogen-bond donors (Lipinski definition) is 3. The summed E-state index contributed by atoms with van der Waals surface area (Å²) in [7, 11) is 1.77. The Bertz CT molecular complexity index is 1010. The number of aromatic nitrogens is 2. The number of guanidine groups is 1. The molecule has 1 aliphatic heterocycles. The van der Waals surface area contributed by atoms with Crippen LogP contribution in [0.4, 0.5) is 10.2 Å². The van der Waals surface area contributed by atoms with E-state index in [1.54, 1.807) is 19.2 Å². The maximum Gasteiger partial charge on any atom is 0.191 e. The Balaban J connectivity index is 0.00000272. The minimum atomic E-state index is -0.213. The van der Waals surface area contributed by atoms with E-state index in [-0.39, 0.29) is 29.8 Å². The standard InChI is InChI=1S/C23H29FN6.HI/c1-25-23(27-10-8-18-16-28-21-6-5-19(24)14-20(18)21)29-15-17-7-9-26-22(13-17)30-11-3-2-4-12-30;/h5-7,9,13-14,16,28H,2-4,8,10-12,15H2,1H3,(H2,25,27,29);1H. The highest BCUT2D eigenvalue weighted by molar-refractivity contribution is 14.0. The van der Waals surface area contributed by atoms with E-state index < -0.39 is 0 Å². The van der Waals surface area contributed by atoms with Crippen LogP contribution in [0.5, 0.6) is 0 Å². The fraction of sp³-hybridized carbons (Fsp3) is 0.391. The van der Waals surface area contributed by atoms with Gasteiger partial charge in [0.2, 0.25) is 0 Å². The Kier molecular flexibility index (Phi) is 8.51. The first-order valence-electron chi connectivity index (χ1n) is 10.6. The molecule has 1 saturated heterocycles. The van der Waals surface area contributed by atoms with Crippen LogP contribution in [0.15, 0.2) is 47.7 Å². The van der Waals surface area contributed by atoms with Gasteiger partial charge in [-0.3, -0.25) is 4.99 Å². The molecule has 0 unspecified atom stereocenters. The van der Waals surface area contributed by atoms with E-state index in [9.17, 15) is 4.39 Å². The second kappa shape index (κ2) is 11.3. The van der Waals surface area contributed by atoms with Crippen LogP contribution in [0.1, 0.15) is 30.4 Å². The van der Waals surface area contributed by atoms with Gasteiger partial charge in [0, 0.05) is 56.5 Å².